The van der Waals surface area contributed by atoms with Gasteiger partial charge >= 0.3 is 0 Å². The summed E-state index contributed by atoms with van der Waals surface area (Å²) in [5.74, 6) is 0.683. The third kappa shape index (κ3) is 4.56. The Morgan fingerprint density at radius 3 is 2.61 bits per heavy atom. The molecule has 1 aromatic carbocycles. The average Bonchev–Trinajstić information content (AvgIpc) is 3.34. The van der Waals surface area contributed by atoms with E-state index >= 15 is 0 Å². The third-order valence-corrected chi connectivity index (χ3v) is 7.16. The highest BCUT2D eigenvalue weighted by molar-refractivity contribution is 7.22. The summed E-state index contributed by atoms with van der Waals surface area (Å²) in [6.07, 6.45) is 8.03. The van der Waals surface area contributed by atoms with E-state index in [-0.39, 0.29) is 30.7 Å². The van der Waals surface area contributed by atoms with Crippen molar-refractivity contribution in [1.29, 1.82) is 0 Å². The predicted octanol–water partition coefficient (Wildman–Crippen LogP) is 4.60. The number of thiazole rings is 1. The fourth-order valence-electron chi connectivity index (χ4n) is 4.85. The predicted molar refractivity (Wildman–Crippen MR) is 121 cm³/mol. The maximum Gasteiger partial charge on any atom is 0.224 e. The summed E-state index contributed by atoms with van der Waals surface area (Å²) < 4.78 is 1.16. The van der Waals surface area contributed by atoms with Crippen LogP contribution in [0.5, 0.6) is 0 Å². The maximum absolute atomic E-state index is 12.5. The molecule has 0 spiro atoms. The summed E-state index contributed by atoms with van der Waals surface area (Å²) in [6, 6.07) is 7.38. The van der Waals surface area contributed by atoms with Crippen LogP contribution in [-0.2, 0) is 4.79 Å². The van der Waals surface area contributed by atoms with Crippen molar-refractivity contribution in [2.45, 2.75) is 57.0 Å². The number of hydrogen-bond acceptors (Lipinski definition) is 5. The molecular formula is C20H28Cl2N4OS. The molecule has 3 saturated heterocycles. The first kappa shape index (κ1) is 21.6. The van der Waals surface area contributed by atoms with Crippen molar-refractivity contribution >= 4 is 63.1 Å². The monoisotopic (exact) mass is 442 g/mol. The van der Waals surface area contributed by atoms with Gasteiger partial charge in [0.05, 0.1) is 10.2 Å². The summed E-state index contributed by atoms with van der Waals surface area (Å²) in [4.78, 5) is 19.6. The van der Waals surface area contributed by atoms with Crippen molar-refractivity contribution in [1.82, 2.24) is 10.3 Å². The van der Waals surface area contributed by atoms with Gasteiger partial charge in [-0.25, -0.2) is 4.98 Å². The number of anilines is 2. The lowest BCUT2D eigenvalue weighted by atomic mass is 9.89. The van der Waals surface area contributed by atoms with Crippen LogP contribution in [0.1, 0.15) is 44.9 Å². The van der Waals surface area contributed by atoms with Crippen LogP contribution in [0.25, 0.3) is 10.2 Å². The lowest BCUT2D eigenvalue weighted by molar-refractivity contribution is -0.117. The van der Waals surface area contributed by atoms with Crippen LogP contribution in [0, 0.1) is 5.92 Å². The lowest BCUT2D eigenvalue weighted by Gasteiger charge is -2.28. The molecule has 5 rings (SSSR count). The minimum absolute atomic E-state index is 0. The Hall–Kier alpha value is -1.08. The van der Waals surface area contributed by atoms with Gasteiger partial charge in [0.2, 0.25) is 5.91 Å². The van der Waals surface area contributed by atoms with Gasteiger partial charge in [-0.1, -0.05) is 11.3 Å². The number of nitrogens with one attached hydrogen (secondary N) is 2. The molecule has 3 fully saturated rings. The standard InChI is InChI=1S/C20H26N4OS.2ClH/c25-19(11-13-9-14-3-4-15(10-13)21-14)22-16-5-6-17-18(12-16)26-20(23-17)24-7-1-2-8-24;;/h5-6,12-15,21H,1-4,7-11H2,(H,22,25);2*1H. The van der Waals surface area contributed by atoms with Gasteiger partial charge in [-0.2, -0.15) is 0 Å². The van der Waals surface area contributed by atoms with E-state index in [4.69, 9.17) is 4.98 Å². The Morgan fingerprint density at radius 1 is 1.18 bits per heavy atom. The van der Waals surface area contributed by atoms with Crippen LogP contribution >= 0.6 is 36.2 Å². The molecule has 2 aromatic rings. The molecule has 1 aromatic heterocycles. The molecule has 3 aliphatic rings. The van der Waals surface area contributed by atoms with E-state index < -0.39 is 0 Å². The molecule has 1 amide bonds. The molecule has 8 heteroatoms. The van der Waals surface area contributed by atoms with Crippen molar-refractivity contribution in [2.24, 2.45) is 5.92 Å². The van der Waals surface area contributed by atoms with E-state index in [0.717, 1.165) is 47.0 Å². The molecule has 4 heterocycles. The lowest BCUT2D eigenvalue weighted by Crippen LogP contribution is -2.39. The number of hydrogen-bond donors (Lipinski definition) is 2. The third-order valence-electron chi connectivity index (χ3n) is 6.08. The molecule has 2 bridgehead atoms. The number of amides is 1. The highest BCUT2D eigenvalue weighted by atomic mass is 35.5. The van der Waals surface area contributed by atoms with Gasteiger partial charge in [0, 0.05) is 37.3 Å². The normalized spacial score (nSPS) is 26.0. The van der Waals surface area contributed by atoms with Crippen molar-refractivity contribution < 1.29 is 4.79 Å². The number of aromatic nitrogens is 1. The van der Waals surface area contributed by atoms with Gasteiger partial charge < -0.3 is 15.5 Å². The van der Waals surface area contributed by atoms with E-state index in [2.05, 4.69) is 21.6 Å². The fraction of sp³-hybridized carbons (Fsp3) is 0.600. The van der Waals surface area contributed by atoms with Crippen LogP contribution in [-0.4, -0.2) is 36.1 Å². The van der Waals surface area contributed by atoms with Crippen LogP contribution in [0.4, 0.5) is 10.8 Å². The van der Waals surface area contributed by atoms with E-state index in [1.54, 1.807) is 11.3 Å². The first-order chi connectivity index (χ1) is 12.7. The Labute approximate surface area is 182 Å². The smallest absolute Gasteiger partial charge is 0.224 e. The van der Waals surface area contributed by atoms with E-state index in [1.165, 1.54) is 25.7 Å². The van der Waals surface area contributed by atoms with Crippen molar-refractivity contribution in [3.05, 3.63) is 18.2 Å². The van der Waals surface area contributed by atoms with Crippen LogP contribution < -0.4 is 15.5 Å². The Kier molecular flexibility index (Phi) is 7.07. The molecule has 2 unspecified atom stereocenters. The summed E-state index contributed by atoms with van der Waals surface area (Å²) in [6.45, 7) is 2.23. The molecule has 0 radical (unpaired) electrons. The minimum atomic E-state index is 0. The highest BCUT2D eigenvalue weighted by Gasteiger charge is 2.34. The average molecular weight is 443 g/mol. The van der Waals surface area contributed by atoms with Gasteiger partial charge in [0.1, 0.15) is 0 Å². The van der Waals surface area contributed by atoms with Gasteiger partial charge in [0.15, 0.2) is 5.13 Å². The van der Waals surface area contributed by atoms with E-state index in [1.807, 2.05) is 12.1 Å². The topological polar surface area (TPSA) is 57.3 Å². The van der Waals surface area contributed by atoms with Crippen LogP contribution in [0.2, 0.25) is 0 Å². The Bertz CT molecular complexity index is 812. The molecule has 0 saturated carbocycles. The number of halogens is 2. The number of piperidine rings is 1. The number of benzene rings is 1. The van der Waals surface area contributed by atoms with Crippen molar-refractivity contribution in [3.8, 4) is 0 Å². The zero-order valence-electron chi connectivity index (χ0n) is 15.9. The molecule has 5 nitrogen and oxygen atoms in total. The Balaban J connectivity index is 0.00000112. The zero-order valence-corrected chi connectivity index (χ0v) is 18.3. The van der Waals surface area contributed by atoms with Gasteiger partial charge in [-0.15, -0.1) is 24.8 Å². The summed E-state index contributed by atoms with van der Waals surface area (Å²) in [7, 11) is 0. The first-order valence-corrected chi connectivity index (χ1v) is 10.8. The SMILES string of the molecule is Cl.Cl.O=C(CC1CC2CCC(C1)N2)Nc1ccc2nc(N3CCCC3)sc2c1. The quantitative estimate of drug-likeness (QED) is 0.725. The van der Waals surface area contributed by atoms with E-state index in [0.29, 0.717) is 24.4 Å². The largest absolute Gasteiger partial charge is 0.348 e. The number of carbonyl (C=O) groups is 1. The summed E-state index contributed by atoms with van der Waals surface area (Å²) in [5, 5.41) is 7.88. The molecule has 2 N–H and O–H groups in total. The second-order valence-corrected chi connectivity index (χ2v) is 9.11. The fourth-order valence-corrected chi connectivity index (χ4v) is 5.91. The van der Waals surface area contributed by atoms with Crippen LogP contribution in [0.15, 0.2) is 18.2 Å². The molecular weight excluding hydrogens is 415 g/mol. The second-order valence-electron chi connectivity index (χ2n) is 8.10. The summed E-state index contributed by atoms with van der Waals surface area (Å²) >= 11 is 1.74. The first-order valence-electron chi connectivity index (χ1n) is 9.94. The van der Waals surface area contributed by atoms with Crippen molar-refractivity contribution in [2.75, 3.05) is 23.3 Å². The number of carbonyl (C=O) groups excluding carboxylic acids is 1. The van der Waals surface area contributed by atoms with Gasteiger partial charge in [-0.05, 0) is 62.6 Å². The van der Waals surface area contributed by atoms with Gasteiger partial charge in [-0.3, -0.25) is 4.79 Å². The molecule has 154 valence electrons. The number of fused-ring (bicyclic) bond motifs is 3. The van der Waals surface area contributed by atoms with E-state index in [9.17, 15) is 4.79 Å². The maximum atomic E-state index is 12.5. The molecule has 2 atom stereocenters. The second kappa shape index (κ2) is 9.16. The number of rotatable bonds is 4. The molecule has 3 aliphatic heterocycles. The molecule has 0 aliphatic carbocycles. The van der Waals surface area contributed by atoms with Gasteiger partial charge in [0.25, 0.3) is 0 Å². The Morgan fingerprint density at radius 2 is 1.89 bits per heavy atom. The van der Waals surface area contributed by atoms with Crippen LogP contribution in [0.3, 0.4) is 0 Å². The minimum Gasteiger partial charge on any atom is -0.348 e. The van der Waals surface area contributed by atoms with Crippen molar-refractivity contribution in [3.63, 3.8) is 0 Å². The zero-order chi connectivity index (χ0) is 17.5. The highest BCUT2D eigenvalue weighted by Crippen LogP contribution is 2.34. The molecule has 28 heavy (non-hydrogen) atoms. The summed E-state index contributed by atoms with van der Waals surface area (Å²) in [5.41, 5.74) is 1.93. The number of nitrogens with zero attached hydrogens (tertiary/aromatic N) is 2.